The molecule has 2 heterocycles. The van der Waals surface area contributed by atoms with Crippen molar-refractivity contribution in [2.75, 3.05) is 32.8 Å². The molecule has 0 spiro atoms. The molecule has 148 valence electrons. The molecular weight excluding hydrogens is 340 g/mol. The van der Waals surface area contributed by atoms with E-state index in [9.17, 15) is 9.59 Å². The molecule has 2 aliphatic rings. The summed E-state index contributed by atoms with van der Waals surface area (Å²) in [5.41, 5.74) is 2.66. The fourth-order valence-corrected chi connectivity index (χ4v) is 3.73. The molecular formula is C22H32N2O3. The highest BCUT2D eigenvalue weighted by molar-refractivity contribution is 5.82. The summed E-state index contributed by atoms with van der Waals surface area (Å²) in [5.74, 6) is 0.276. The van der Waals surface area contributed by atoms with Crippen LogP contribution in [0.5, 0.6) is 0 Å². The molecule has 3 rings (SSSR count). The van der Waals surface area contributed by atoms with Crippen molar-refractivity contribution in [1.82, 2.24) is 9.80 Å². The number of carbonyl (C=O) groups is 2. The third-order valence-electron chi connectivity index (χ3n) is 5.60. The summed E-state index contributed by atoms with van der Waals surface area (Å²) in [6.07, 6.45) is 2.81. The Balaban J connectivity index is 1.43. The molecule has 1 aromatic rings. The zero-order valence-electron chi connectivity index (χ0n) is 16.9. The number of rotatable bonds is 4. The van der Waals surface area contributed by atoms with Crippen molar-refractivity contribution in [2.45, 2.75) is 58.0 Å². The summed E-state index contributed by atoms with van der Waals surface area (Å²) in [5, 5.41) is 0. The molecule has 0 bridgehead atoms. The largest absolute Gasteiger partial charge is 0.368 e. The number of hydrogen-bond donors (Lipinski definition) is 0. The minimum absolute atomic E-state index is 0.0959. The first-order valence-corrected chi connectivity index (χ1v) is 10.1. The predicted molar refractivity (Wildman–Crippen MR) is 106 cm³/mol. The van der Waals surface area contributed by atoms with Gasteiger partial charge in [0.1, 0.15) is 6.10 Å². The van der Waals surface area contributed by atoms with Crippen LogP contribution in [0.3, 0.4) is 0 Å². The van der Waals surface area contributed by atoms with Crippen molar-refractivity contribution < 1.29 is 14.3 Å². The molecule has 5 nitrogen and oxygen atoms in total. The summed E-state index contributed by atoms with van der Waals surface area (Å²) in [7, 11) is 0. The maximum atomic E-state index is 12.5. The van der Waals surface area contributed by atoms with Crippen molar-refractivity contribution >= 4 is 11.8 Å². The lowest BCUT2D eigenvalue weighted by atomic mass is 9.86. The maximum absolute atomic E-state index is 12.5. The first kappa shape index (κ1) is 19.9. The molecule has 1 atom stereocenters. The van der Waals surface area contributed by atoms with Crippen LogP contribution in [0.1, 0.15) is 51.2 Å². The Kier molecular flexibility index (Phi) is 6.20. The molecule has 0 aromatic heterocycles. The van der Waals surface area contributed by atoms with E-state index in [2.05, 4.69) is 45.0 Å². The van der Waals surface area contributed by atoms with Crippen molar-refractivity contribution in [3.8, 4) is 0 Å². The highest BCUT2D eigenvalue weighted by Gasteiger charge is 2.31. The van der Waals surface area contributed by atoms with Gasteiger partial charge in [-0.15, -0.1) is 0 Å². The molecule has 27 heavy (non-hydrogen) atoms. The molecule has 1 unspecified atom stereocenters. The molecule has 0 aliphatic carbocycles. The van der Waals surface area contributed by atoms with Crippen molar-refractivity contribution in [3.63, 3.8) is 0 Å². The predicted octanol–water partition coefficient (Wildman–Crippen LogP) is 2.77. The van der Waals surface area contributed by atoms with Crippen LogP contribution in [0.4, 0.5) is 0 Å². The lowest BCUT2D eigenvalue weighted by molar-refractivity contribution is -0.146. The average molecular weight is 373 g/mol. The normalized spacial score (nSPS) is 20.8. The minimum atomic E-state index is -0.261. The summed E-state index contributed by atoms with van der Waals surface area (Å²) in [6, 6.07) is 8.59. The molecule has 2 saturated heterocycles. The topological polar surface area (TPSA) is 49.9 Å². The Bertz CT molecular complexity index is 649. The summed E-state index contributed by atoms with van der Waals surface area (Å²) in [4.78, 5) is 28.7. The average Bonchev–Trinajstić information content (AvgIpc) is 3.20. The molecule has 2 aliphatic heterocycles. The van der Waals surface area contributed by atoms with E-state index in [-0.39, 0.29) is 23.3 Å². The number of amides is 2. The molecule has 2 amide bonds. The van der Waals surface area contributed by atoms with Gasteiger partial charge in [-0.05, 0) is 35.8 Å². The van der Waals surface area contributed by atoms with Crippen molar-refractivity contribution in [2.24, 2.45) is 0 Å². The van der Waals surface area contributed by atoms with Gasteiger partial charge in [0.05, 0.1) is 0 Å². The standard InChI is InChI=1S/C22H32N2O3/c1-22(2,3)18-9-6-17(7-10-18)8-11-20(25)23-12-14-24(15-13-23)21(26)19-5-4-16-27-19/h6-7,9-10,19H,4-5,8,11-16H2,1-3H3. The summed E-state index contributed by atoms with van der Waals surface area (Å²) >= 11 is 0. The molecule has 0 radical (unpaired) electrons. The summed E-state index contributed by atoms with van der Waals surface area (Å²) < 4.78 is 5.49. The quantitative estimate of drug-likeness (QED) is 0.817. The molecule has 2 fully saturated rings. The van der Waals surface area contributed by atoms with Gasteiger partial charge in [0.15, 0.2) is 0 Å². The third kappa shape index (κ3) is 5.10. The van der Waals surface area contributed by atoms with Crippen LogP contribution in [0.2, 0.25) is 0 Å². The molecule has 0 N–H and O–H groups in total. The van der Waals surface area contributed by atoms with E-state index < -0.39 is 0 Å². The number of hydrogen-bond acceptors (Lipinski definition) is 3. The van der Waals surface area contributed by atoms with Crippen LogP contribution in [-0.2, 0) is 26.2 Å². The second-order valence-corrected chi connectivity index (χ2v) is 8.65. The van der Waals surface area contributed by atoms with Gasteiger partial charge < -0.3 is 14.5 Å². The van der Waals surface area contributed by atoms with Gasteiger partial charge in [0, 0.05) is 39.2 Å². The fourth-order valence-electron chi connectivity index (χ4n) is 3.73. The lowest BCUT2D eigenvalue weighted by Crippen LogP contribution is -2.52. The number of aryl methyl sites for hydroxylation is 1. The van der Waals surface area contributed by atoms with Gasteiger partial charge in [0.2, 0.25) is 5.91 Å². The highest BCUT2D eigenvalue weighted by Crippen LogP contribution is 2.22. The highest BCUT2D eigenvalue weighted by atomic mass is 16.5. The van der Waals surface area contributed by atoms with Crippen LogP contribution in [-0.4, -0.2) is 60.5 Å². The zero-order chi connectivity index (χ0) is 19.4. The van der Waals surface area contributed by atoms with Gasteiger partial charge in [-0.25, -0.2) is 0 Å². The monoisotopic (exact) mass is 372 g/mol. The van der Waals surface area contributed by atoms with Crippen LogP contribution in [0.25, 0.3) is 0 Å². The Labute approximate surface area is 162 Å². The van der Waals surface area contributed by atoms with E-state index >= 15 is 0 Å². The zero-order valence-corrected chi connectivity index (χ0v) is 16.9. The van der Waals surface area contributed by atoms with Crippen LogP contribution in [0.15, 0.2) is 24.3 Å². The number of ether oxygens (including phenoxy) is 1. The van der Waals surface area contributed by atoms with E-state index in [1.54, 1.807) is 0 Å². The molecule has 5 heteroatoms. The first-order valence-electron chi connectivity index (χ1n) is 10.1. The number of nitrogens with zero attached hydrogens (tertiary/aromatic N) is 2. The Hall–Kier alpha value is -1.88. The Morgan fingerprint density at radius 3 is 2.22 bits per heavy atom. The minimum Gasteiger partial charge on any atom is -0.368 e. The first-order chi connectivity index (χ1) is 12.8. The molecule has 0 saturated carbocycles. The van der Waals surface area contributed by atoms with E-state index in [0.717, 1.165) is 19.3 Å². The maximum Gasteiger partial charge on any atom is 0.251 e. The van der Waals surface area contributed by atoms with Crippen LogP contribution < -0.4 is 0 Å². The van der Waals surface area contributed by atoms with Crippen molar-refractivity contribution in [3.05, 3.63) is 35.4 Å². The lowest BCUT2D eigenvalue weighted by Gasteiger charge is -2.35. The van der Waals surface area contributed by atoms with Gasteiger partial charge in [-0.2, -0.15) is 0 Å². The molecule has 1 aromatic carbocycles. The third-order valence-corrected chi connectivity index (χ3v) is 5.60. The SMILES string of the molecule is CC(C)(C)c1ccc(CCC(=O)N2CCN(C(=O)C3CCCO3)CC2)cc1. The number of benzene rings is 1. The Morgan fingerprint density at radius 2 is 1.67 bits per heavy atom. The van der Waals surface area contributed by atoms with Gasteiger partial charge in [-0.1, -0.05) is 45.0 Å². The smallest absolute Gasteiger partial charge is 0.251 e. The number of piperazine rings is 1. The van der Waals surface area contributed by atoms with Gasteiger partial charge in [0.25, 0.3) is 5.91 Å². The van der Waals surface area contributed by atoms with Crippen molar-refractivity contribution in [1.29, 1.82) is 0 Å². The van der Waals surface area contributed by atoms with Crippen LogP contribution in [0, 0.1) is 0 Å². The van der Waals surface area contributed by atoms with E-state index in [4.69, 9.17) is 4.74 Å². The van der Waals surface area contributed by atoms with E-state index in [1.807, 2.05) is 9.80 Å². The van der Waals surface area contributed by atoms with E-state index in [1.165, 1.54) is 11.1 Å². The van der Waals surface area contributed by atoms with Crippen LogP contribution >= 0.6 is 0 Å². The van der Waals surface area contributed by atoms with Gasteiger partial charge >= 0.3 is 0 Å². The summed E-state index contributed by atoms with van der Waals surface area (Å²) in [6.45, 7) is 9.78. The second kappa shape index (κ2) is 8.42. The fraction of sp³-hybridized carbons (Fsp3) is 0.636. The Morgan fingerprint density at radius 1 is 1.04 bits per heavy atom. The second-order valence-electron chi connectivity index (χ2n) is 8.65. The van der Waals surface area contributed by atoms with Gasteiger partial charge in [-0.3, -0.25) is 9.59 Å². The van der Waals surface area contributed by atoms with E-state index in [0.29, 0.717) is 39.2 Å². The number of carbonyl (C=O) groups excluding carboxylic acids is 2.